The highest BCUT2D eigenvalue weighted by Gasteiger charge is 2.12. The Morgan fingerprint density at radius 3 is 2.23 bits per heavy atom. The van der Waals surface area contributed by atoms with E-state index >= 15 is 0 Å². The van der Waals surface area contributed by atoms with Crippen LogP contribution in [0.3, 0.4) is 0 Å². The van der Waals surface area contributed by atoms with Gasteiger partial charge in [-0.1, -0.05) is 42.5 Å². The summed E-state index contributed by atoms with van der Waals surface area (Å²) in [5.74, 6) is 0.116. The van der Waals surface area contributed by atoms with Crippen LogP contribution in [-0.2, 0) is 4.79 Å². The van der Waals surface area contributed by atoms with Crippen LogP contribution in [-0.4, -0.2) is 26.8 Å². The number of aromatic nitrogens is 3. The van der Waals surface area contributed by atoms with Gasteiger partial charge in [-0.15, -0.1) is 11.3 Å². The molecule has 4 rings (SSSR count). The van der Waals surface area contributed by atoms with Crippen LogP contribution in [0.15, 0.2) is 72.4 Å². The molecule has 0 aliphatic heterocycles. The summed E-state index contributed by atoms with van der Waals surface area (Å²) < 4.78 is 0. The average molecular weight is 415 g/mol. The topological polar surface area (TPSA) is 96.9 Å². The van der Waals surface area contributed by atoms with Gasteiger partial charge in [0.2, 0.25) is 5.91 Å². The van der Waals surface area contributed by atoms with E-state index in [-0.39, 0.29) is 11.8 Å². The first-order chi connectivity index (χ1) is 14.6. The Morgan fingerprint density at radius 2 is 1.57 bits per heavy atom. The number of nitrogens with one attached hydrogen (secondary N) is 2. The Balaban J connectivity index is 1.43. The number of carbonyl (C=O) groups excluding carboxylic acids is 2. The van der Waals surface area contributed by atoms with Crippen LogP contribution >= 0.6 is 11.3 Å². The molecule has 0 fully saturated rings. The van der Waals surface area contributed by atoms with Gasteiger partial charge in [0.25, 0.3) is 5.91 Å². The first kappa shape index (κ1) is 19.4. The van der Waals surface area contributed by atoms with Gasteiger partial charge in [0.1, 0.15) is 0 Å². The zero-order valence-corrected chi connectivity index (χ0v) is 16.8. The third kappa shape index (κ3) is 4.56. The highest BCUT2D eigenvalue weighted by Crippen LogP contribution is 2.26. The quantitative estimate of drug-likeness (QED) is 0.501. The highest BCUT2D eigenvalue weighted by molar-refractivity contribution is 7.14. The van der Waals surface area contributed by atoms with E-state index in [0.717, 1.165) is 16.8 Å². The second kappa shape index (κ2) is 8.62. The zero-order valence-electron chi connectivity index (χ0n) is 16.0. The number of thiazole rings is 1. The van der Waals surface area contributed by atoms with Crippen LogP contribution in [0.1, 0.15) is 17.3 Å². The Bertz CT molecular complexity index is 1170. The van der Waals surface area contributed by atoms with Crippen molar-refractivity contribution in [1.29, 1.82) is 0 Å². The van der Waals surface area contributed by atoms with E-state index in [2.05, 4.69) is 25.6 Å². The Labute approximate surface area is 176 Å². The zero-order chi connectivity index (χ0) is 20.9. The SMILES string of the molecule is CC(=O)Nc1ccc(-c2csc(NC(=O)c3cnc(-c4ccccc4)nc3)n2)cc1. The van der Waals surface area contributed by atoms with Gasteiger partial charge in [-0.05, 0) is 12.1 Å². The molecule has 0 radical (unpaired) electrons. The molecule has 148 valence electrons. The predicted octanol–water partition coefficient (Wildman–Crippen LogP) is 4.48. The van der Waals surface area contributed by atoms with E-state index in [1.807, 2.05) is 47.8 Å². The largest absolute Gasteiger partial charge is 0.326 e. The summed E-state index contributed by atoms with van der Waals surface area (Å²) >= 11 is 1.33. The molecular formula is C22H17N5O2S. The lowest BCUT2D eigenvalue weighted by molar-refractivity contribution is -0.114. The number of nitrogens with zero attached hydrogens (tertiary/aromatic N) is 3. The van der Waals surface area contributed by atoms with Crippen molar-refractivity contribution in [3.8, 4) is 22.6 Å². The molecule has 2 amide bonds. The minimum absolute atomic E-state index is 0.123. The molecule has 0 saturated heterocycles. The highest BCUT2D eigenvalue weighted by atomic mass is 32.1. The van der Waals surface area contributed by atoms with Gasteiger partial charge >= 0.3 is 0 Å². The molecule has 2 aromatic heterocycles. The van der Waals surface area contributed by atoms with Crippen LogP contribution in [0.2, 0.25) is 0 Å². The number of carbonyl (C=O) groups is 2. The van der Waals surface area contributed by atoms with Gasteiger partial charge in [-0.3, -0.25) is 14.9 Å². The van der Waals surface area contributed by atoms with Crippen LogP contribution in [0, 0.1) is 0 Å². The van der Waals surface area contributed by atoms with Crippen LogP contribution in [0.25, 0.3) is 22.6 Å². The summed E-state index contributed by atoms with van der Waals surface area (Å²) in [7, 11) is 0. The Kier molecular flexibility index (Phi) is 5.58. The molecule has 8 heteroatoms. The second-order valence-corrected chi connectivity index (χ2v) is 7.27. The molecule has 0 aliphatic rings. The van der Waals surface area contributed by atoms with E-state index in [0.29, 0.717) is 22.2 Å². The van der Waals surface area contributed by atoms with Crippen molar-refractivity contribution >= 4 is 34.0 Å². The average Bonchev–Trinajstić information content (AvgIpc) is 3.23. The monoisotopic (exact) mass is 415 g/mol. The second-order valence-electron chi connectivity index (χ2n) is 6.41. The molecular weight excluding hydrogens is 398 g/mol. The summed E-state index contributed by atoms with van der Waals surface area (Å²) in [6.45, 7) is 1.46. The Morgan fingerprint density at radius 1 is 0.867 bits per heavy atom. The standard InChI is InChI=1S/C22H17N5O2S/c1-14(28)25-18-9-7-15(8-10-18)19-13-30-22(26-19)27-21(29)17-11-23-20(24-12-17)16-5-3-2-4-6-16/h2-13H,1H3,(H,25,28)(H,26,27,29). The van der Waals surface area contributed by atoms with Crippen LogP contribution in [0.5, 0.6) is 0 Å². The Hall–Kier alpha value is -3.91. The molecule has 0 bridgehead atoms. The fourth-order valence-electron chi connectivity index (χ4n) is 2.74. The van der Waals surface area contributed by atoms with Crippen molar-refractivity contribution in [2.45, 2.75) is 6.92 Å². The summed E-state index contributed by atoms with van der Waals surface area (Å²) in [6, 6.07) is 16.9. The lowest BCUT2D eigenvalue weighted by atomic mass is 10.1. The van der Waals surface area contributed by atoms with Crippen molar-refractivity contribution in [1.82, 2.24) is 15.0 Å². The first-order valence-electron chi connectivity index (χ1n) is 9.11. The van der Waals surface area contributed by atoms with Crippen molar-refractivity contribution < 1.29 is 9.59 Å². The number of hydrogen-bond acceptors (Lipinski definition) is 6. The van der Waals surface area contributed by atoms with Gasteiger partial charge in [0.05, 0.1) is 11.3 Å². The van der Waals surface area contributed by atoms with Crippen LogP contribution in [0.4, 0.5) is 10.8 Å². The first-order valence-corrected chi connectivity index (χ1v) is 9.99. The molecule has 0 saturated carbocycles. The van der Waals surface area contributed by atoms with Gasteiger partial charge in [-0.2, -0.15) is 0 Å². The maximum absolute atomic E-state index is 12.5. The summed E-state index contributed by atoms with van der Waals surface area (Å²) in [5, 5.41) is 7.84. The maximum atomic E-state index is 12.5. The fourth-order valence-corrected chi connectivity index (χ4v) is 3.46. The molecule has 0 aliphatic carbocycles. The molecule has 2 N–H and O–H groups in total. The number of benzene rings is 2. The van der Waals surface area contributed by atoms with Crippen molar-refractivity contribution in [2.24, 2.45) is 0 Å². The summed E-state index contributed by atoms with van der Waals surface area (Å²) in [6.07, 6.45) is 3.00. The van der Waals surface area contributed by atoms with E-state index in [4.69, 9.17) is 0 Å². The maximum Gasteiger partial charge on any atom is 0.260 e. The van der Waals surface area contributed by atoms with Crippen molar-refractivity contribution in [3.63, 3.8) is 0 Å². The number of rotatable bonds is 5. The van der Waals surface area contributed by atoms with Crippen molar-refractivity contribution in [2.75, 3.05) is 10.6 Å². The summed E-state index contributed by atoms with van der Waals surface area (Å²) in [5.41, 5.74) is 3.58. The molecule has 0 spiro atoms. The lowest BCUT2D eigenvalue weighted by Crippen LogP contribution is -2.12. The molecule has 0 unspecified atom stereocenters. The van der Waals surface area contributed by atoms with E-state index in [9.17, 15) is 9.59 Å². The van der Waals surface area contributed by atoms with Gasteiger partial charge in [-0.25, -0.2) is 15.0 Å². The van der Waals surface area contributed by atoms with Gasteiger partial charge < -0.3 is 5.32 Å². The molecule has 2 heterocycles. The van der Waals surface area contributed by atoms with E-state index in [1.54, 1.807) is 12.1 Å². The predicted molar refractivity (Wildman–Crippen MR) is 117 cm³/mol. The van der Waals surface area contributed by atoms with Gasteiger partial charge in [0.15, 0.2) is 11.0 Å². The third-order valence-electron chi connectivity index (χ3n) is 4.17. The normalized spacial score (nSPS) is 10.4. The van der Waals surface area contributed by atoms with E-state index in [1.165, 1.54) is 30.7 Å². The molecule has 7 nitrogen and oxygen atoms in total. The molecule has 30 heavy (non-hydrogen) atoms. The minimum Gasteiger partial charge on any atom is -0.326 e. The molecule has 0 atom stereocenters. The van der Waals surface area contributed by atoms with Crippen LogP contribution < -0.4 is 10.6 Å². The van der Waals surface area contributed by atoms with Gasteiger partial charge in [0, 0.05) is 41.5 Å². The lowest BCUT2D eigenvalue weighted by Gasteiger charge is -2.04. The van der Waals surface area contributed by atoms with Crippen molar-refractivity contribution in [3.05, 3.63) is 77.9 Å². The molecule has 4 aromatic rings. The fraction of sp³-hybridized carbons (Fsp3) is 0.0455. The smallest absolute Gasteiger partial charge is 0.260 e. The summed E-state index contributed by atoms with van der Waals surface area (Å²) in [4.78, 5) is 36.6. The molecule has 2 aromatic carbocycles. The minimum atomic E-state index is -0.323. The number of anilines is 2. The van der Waals surface area contributed by atoms with E-state index < -0.39 is 0 Å². The third-order valence-corrected chi connectivity index (χ3v) is 4.93. The number of amides is 2. The number of hydrogen-bond donors (Lipinski definition) is 2.